The summed E-state index contributed by atoms with van der Waals surface area (Å²) >= 11 is 0. The third-order valence-corrected chi connectivity index (χ3v) is 4.33. The van der Waals surface area contributed by atoms with Gasteiger partial charge in [-0.3, -0.25) is 5.32 Å². The van der Waals surface area contributed by atoms with Crippen molar-refractivity contribution in [1.29, 1.82) is 0 Å². The number of fused-ring (bicyclic) bond motifs is 1. The van der Waals surface area contributed by atoms with Gasteiger partial charge in [-0.15, -0.1) is 0 Å². The Morgan fingerprint density at radius 2 is 2.07 bits per heavy atom. The molecule has 0 saturated heterocycles. The predicted molar refractivity (Wildman–Crippen MR) is 102 cm³/mol. The van der Waals surface area contributed by atoms with Crippen molar-refractivity contribution in [2.45, 2.75) is 33.7 Å². The van der Waals surface area contributed by atoms with Gasteiger partial charge in [-0.05, 0) is 31.5 Å². The fourth-order valence-electron chi connectivity index (χ4n) is 3.14. The fourth-order valence-corrected chi connectivity index (χ4v) is 3.14. The monoisotopic (exact) mass is 369 g/mol. The lowest BCUT2D eigenvalue weighted by Crippen LogP contribution is -2.14. The van der Waals surface area contributed by atoms with Gasteiger partial charge in [0.2, 0.25) is 0 Å². The molecule has 2 heterocycles. The number of aryl methyl sites for hydroxylation is 2. The van der Waals surface area contributed by atoms with E-state index < -0.39 is 6.09 Å². The lowest BCUT2D eigenvalue weighted by atomic mass is 10.0. The van der Waals surface area contributed by atoms with Crippen LogP contribution in [0.5, 0.6) is 0 Å². The third-order valence-electron chi connectivity index (χ3n) is 4.33. The van der Waals surface area contributed by atoms with E-state index in [1.54, 1.807) is 0 Å². The van der Waals surface area contributed by atoms with Crippen LogP contribution < -0.4 is 5.32 Å². The summed E-state index contributed by atoms with van der Waals surface area (Å²) in [6, 6.07) is 9.62. The molecule has 142 valence electrons. The topological polar surface area (TPSA) is 85.1 Å². The largest absolute Gasteiger partial charge is 0.453 e. The molecule has 0 aliphatic heterocycles. The molecule has 7 nitrogen and oxygen atoms in total. The first-order valence-electron chi connectivity index (χ1n) is 8.62. The molecular formula is C20H23N3O4. The second-order valence-electron chi connectivity index (χ2n) is 6.32. The number of methoxy groups -OCH3 is 1. The Bertz CT molecular complexity index is 965. The van der Waals surface area contributed by atoms with Crippen molar-refractivity contribution < 1.29 is 19.4 Å². The molecule has 3 rings (SSSR count). The van der Waals surface area contributed by atoms with Crippen LogP contribution in [0.2, 0.25) is 0 Å². The summed E-state index contributed by atoms with van der Waals surface area (Å²) in [6.07, 6.45) is 1.34. The lowest BCUT2D eigenvalue weighted by Gasteiger charge is -2.15. The van der Waals surface area contributed by atoms with E-state index in [0.717, 1.165) is 22.3 Å². The van der Waals surface area contributed by atoms with E-state index in [9.17, 15) is 9.90 Å². The highest BCUT2D eigenvalue weighted by Crippen LogP contribution is 2.24. The molecule has 0 spiro atoms. The average Bonchev–Trinajstić information content (AvgIpc) is 3.01. The number of ether oxygens (including phenoxy) is 2. The zero-order valence-corrected chi connectivity index (χ0v) is 15.7. The first kappa shape index (κ1) is 18.9. The van der Waals surface area contributed by atoms with E-state index in [0.29, 0.717) is 23.7 Å². The number of nitrogens with zero attached hydrogens (tertiary/aromatic N) is 2. The summed E-state index contributed by atoms with van der Waals surface area (Å²) in [5.41, 5.74) is 5.71. The molecule has 0 radical (unpaired) electrons. The molecule has 7 heteroatoms. The molecule has 27 heavy (non-hydrogen) atoms. The number of benzene rings is 1. The van der Waals surface area contributed by atoms with Crippen molar-refractivity contribution >= 4 is 17.4 Å². The van der Waals surface area contributed by atoms with Gasteiger partial charge >= 0.3 is 6.09 Å². The molecule has 1 amide bonds. The molecule has 2 N–H and O–H groups in total. The molecule has 2 aromatic heterocycles. The number of aliphatic hydroxyl groups is 1. The minimum atomic E-state index is -0.522. The molecular weight excluding hydrogens is 346 g/mol. The van der Waals surface area contributed by atoms with Gasteiger partial charge in [-0.25, -0.2) is 9.78 Å². The summed E-state index contributed by atoms with van der Waals surface area (Å²) < 4.78 is 12.4. The Hall–Kier alpha value is -2.90. The van der Waals surface area contributed by atoms with Crippen molar-refractivity contribution in [3.8, 4) is 0 Å². The highest BCUT2D eigenvalue weighted by Gasteiger charge is 2.14. The minimum Gasteiger partial charge on any atom is -0.453 e. The van der Waals surface area contributed by atoms with Crippen LogP contribution in [0.1, 0.15) is 28.1 Å². The Labute approximate surface area is 157 Å². The summed E-state index contributed by atoms with van der Waals surface area (Å²) in [6.45, 7) is 4.34. The number of carbonyl (C=O) groups excluding carboxylic acids is 1. The Balaban J connectivity index is 1.78. The maximum absolute atomic E-state index is 11.6. The minimum absolute atomic E-state index is 0.122. The van der Waals surface area contributed by atoms with Crippen molar-refractivity contribution in [2.24, 2.45) is 0 Å². The number of aromatic nitrogens is 2. The third kappa shape index (κ3) is 4.10. The van der Waals surface area contributed by atoms with Crippen LogP contribution in [-0.4, -0.2) is 27.7 Å². The number of nitrogens with one attached hydrogen (secondary N) is 1. The van der Waals surface area contributed by atoms with E-state index in [-0.39, 0.29) is 13.2 Å². The van der Waals surface area contributed by atoms with Crippen molar-refractivity contribution in [1.82, 2.24) is 9.38 Å². The van der Waals surface area contributed by atoms with Crippen LogP contribution in [0, 0.1) is 13.8 Å². The number of hydrogen-bond donors (Lipinski definition) is 2. The van der Waals surface area contributed by atoms with Crippen LogP contribution >= 0.6 is 0 Å². The van der Waals surface area contributed by atoms with E-state index >= 15 is 0 Å². The highest BCUT2D eigenvalue weighted by molar-refractivity contribution is 5.86. The molecule has 0 bridgehead atoms. The first-order valence-corrected chi connectivity index (χ1v) is 8.62. The van der Waals surface area contributed by atoms with Crippen LogP contribution in [0.15, 0.2) is 36.5 Å². The smallest absolute Gasteiger partial charge is 0.411 e. The highest BCUT2D eigenvalue weighted by atomic mass is 16.5. The fraction of sp³-hybridized carbons (Fsp3) is 0.300. The molecule has 0 unspecified atom stereocenters. The summed E-state index contributed by atoms with van der Waals surface area (Å²) in [7, 11) is 1.33. The van der Waals surface area contributed by atoms with Gasteiger partial charge in [0.25, 0.3) is 0 Å². The molecule has 0 atom stereocenters. The summed E-state index contributed by atoms with van der Waals surface area (Å²) in [5, 5.41) is 12.4. The van der Waals surface area contributed by atoms with E-state index in [2.05, 4.69) is 10.3 Å². The zero-order chi connectivity index (χ0) is 19.4. The van der Waals surface area contributed by atoms with Crippen LogP contribution in [-0.2, 0) is 29.3 Å². The van der Waals surface area contributed by atoms with Gasteiger partial charge < -0.3 is 19.0 Å². The predicted octanol–water partition coefficient (Wildman–Crippen LogP) is 3.34. The number of hydrogen-bond acceptors (Lipinski definition) is 5. The standard InChI is InChI=1S/C20H23N3O4/c1-13-8-14(2)19(22-20(25)26-3)15(9-13)11-27-12-16-17(10-24)23-7-5-4-6-18(23)21-16/h4-9,24H,10-12H2,1-3H3,(H,22,25). The Morgan fingerprint density at radius 3 is 2.81 bits per heavy atom. The number of carbonyl (C=O) groups is 1. The summed E-state index contributed by atoms with van der Waals surface area (Å²) in [5.74, 6) is 0. The lowest BCUT2D eigenvalue weighted by molar-refractivity contribution is 0.103. The number of rotatable bonds is 6. The Kier molecular flexibility index (Phi) is 5.73. The number of aliphatic hydroxyl groups excluding tert-OH is 1. The van der Waals surface area contributed by atoms with Gasteiger partial charge in [0.15, 0.2) is 0 Å². The average molecular weight is 369 g/mol. The first-order chi connectivity index (χ1) is 13.0. The van der Waals surface area contributed by atoms with Crippen molar-refractivity contribution in [2.75, 3.05) is 12.4 Å². The second kappa shape index (κ2) is 8.20. The SMILES string of the molecule is COC(=O)Nc1c(C)cc(C)cc1COCc1nc2ccccn2c1CO. The maximum Gasteiger partial charge on any atom is 0.411 e. The van der Waals surface area contributed by atoms with Gasteiger partial charge in [0.05, 0.1) is 44.0 Å². The molecule has 0 aliphatic rings. The molecule has 0 saturated carbocycles. The molecule has 0 aliphatic carbocycles. The molecule has 0 fully saturated rings. The van der Waals surface area contributed by atoms with Gasteiger partial charge in [-0.1, -0.05) is 23.8 Å². The van der Waals surface area contributed by atoms with E-state index in [1.807, 2.05) is 54.8 Å². The van der Waals surface area contributed by atoms with E-state index in [4.69, 9.17) is 9.47 Å². The van der Waals surface area contributed by atoms with Crippen molar-refractivity contribution in [3.63, 3.8) is 0 Å². The van der Waals surface area contributed by atoms with Gasteiger partial charge in [0, 0.05) is 11.8 Å². The van der Waals surface area contributed by atoms with Crippen LogP contribution in [0.4, 0.5) is 10.5 Å². The number of imidazole rings is 1. The Morgan fingerprint density at radius 1 is 1.26 bits per heavy atom. The summed E-state index contributed by atoms with van der Waals surface area (Å²) in [4.78, 5) is 16.2. The second-order valence-corrected chi connectivity index (χ2v) is 6.32. The number of pyridine rings is 1. The quantitative estimate of drug-likeness (QED) is 0.696. The molecule has 3 aromatic rings. The number of amides is 1. The van der Waals surface area contributed by atoms with Crippen LogP contribution in [0.3, 0.4) is 0 Å². The molecule has 1 aromatic carbocycles. The maximum atomic E-state index is 11.6. The van der Waals surface area contributed by atoms with Crippen LogP contribution in [0.25, 0.3) is 5.65 Å². The number of anilines is 1. The van der Waals surface area contributed by atoms with E-state index in [1.165, 1.54) is 7.11 Å². The van der Waals surface area contributed by atoms with Gasteiger partial charge in [0.1, 0.15) is 5.65 Å². The zero-order valence-electron chi connectivity index (χ0n) is 15.7. The van der Waals surface area contributed by atoms with Crippen molar-refractivity contribution in [3.05, 3.63) is 64.6 Å². The van der Waals surface area contributed by atoms with Gasteiger partial charge in [-0.2, -0.15) is 0 Å². The normalized spacial score (nSPS) is 11.0.